The number of halogens is 16. The standard InChI is InChI=1S/2C32H26F8N4O5/c2*1-15-10-20(31(35,36)37)25(29(46)43(15)2)18-6-5-16(27-19(18)4-3-7-41-27)11-23(30(47)48)42-28(45)26-21(33)12-17(13-22(26)34)44-8-9-49-14-24(44)32(38,39)40/h2*3-7,10,12-13,23-24H,8-9,11,14H2,1-2H3,(H,42,45)(H,47,48)/t2*23-,24+/m00/s1. The molecule has 0 radical (unpaired) electrons. The van der Waals surface area contributed by atoms with Crippen LogP contribution in [-0.2, 0) is 58.4 Å². The SMILES string of the molecule is Cc1cc(C(F)(F)F)c(-c2ccc(C[C@H](NC(=O)c3c(F)cc(N4CCOC[C@@H]4C(F)(F)F)cc3F)C(=O)O)c3ncccc23)c(=O)n1C.Cc1cc(C(F)(F)F)c(-c2ccc(C[C@H](NC(=O)c3c(F)cc(N4CCOC[C@@H]4C(F)(F)F)cc3F)C(=O)O)c3ncccc23)c(=O)n1C. The normalized spacial score (nSPS) is 16.1. The van der Waals surface area contributed by atoms with Gasteiger partial charge in [0.1, 0.15) is 58.6 Å². The zero-order chi connectivity index (χ0) is 72.0. The molecule has 0 spiro atoms. The number of carbonyl (C=O) groups excluding carboxylic acids is 2. The van der Waals surface area contributed by atoms with E-state index in [0.717, 1.165) is 21.3 Å². The highest BCUT2D eigenvalue weighted by molar-refractivity contribution is 6.01. The number of aryl methyl sites for hydroxylation is 2. The number of alkyl halides is 12. The van der Waals surface area contributed by atoms with Crippen molar-refractivity contribution in [3.8, 4) is 22.3 Å². The zero-order valence-corrected chi connectivity index (χ0v) is 51.1. The number of aliphatic carboxylic acids is 2. The molecule has 2 amide bonds. The number of nitrogens with zero attached hydrogens (tertiary/aromatic N) is 6. The second-order valence-corrected chi connectivity index (χ2v) is 22.6. The molecule has 0 aliphatic carbocycles. The second-order valence-electron chi connectivity index (χ2n) is 22.6. The van der Waals surface area contributed by atoms with Gasteiger partial charge in [-0.05, 0) is 84.6 Å². The lowest BCUT2D eigenvalue weighted by atomic mass is 9.93. The van der Waals surface area contributed by atoms with E-state index in [9.17, 15) is 91.7 Å². The van der Waals surface area contributed by atoms with E-state index in [1.54, 1.807) is 0 Å². The fraction of sp³-hybridized carbons (Fsp3) is 0.312. The van der Waals surface area contributed by atoms with Gasteiger partial charge in [-0.25, -0.2) is 27.2 Å². The topological polar surface area (TPSA) is 228 Å². The molecule has 2 saturated heterocycles. The summed E-state index contributed by atoms with van der Waals surface area (Å²) in [6.07, 6.45) is -18.0. The van der Waals surface area contributed by atoms with E-state index in [4.69, 9.17) is 9.47 Å². The third kappa shape index (κ3) is 14.9. The molecular weight excluding hydrogens is 1340 g/mol. The number of morpholine rings is 2. The molecule has 18 nitrogen and oxygen atoms in total. The number of hydrogen-bond donors (Lipinski definition) is 4. The van der Waals surface area contributed by atoms with Gasteiger partial charge in [0.05, 0.1) is 59.7 Å². The number of carbonyl (C=O) groups is 4. The van der Waals surface area contributed by atoms with Crippen LogP contribution in [0.4, 0.5) is 81.6 Å². The summed E-state index contributed by atoms with van der Waals surface area (Å²) in [7, 11) is 2.61. The van der Waals surface area contributed by atoms with Gasteiger partial charge < -0.3 is 49.3 Å². The van der Waals surface area contributed by atoms with Crippen LogP contribution in [0.5, 0.6) is 0 Å². The monoisotopic (exact) mass is 1400 g/mol. The van der Waals surface area contributed by atoms with Crippen molar-refractivity contribution in [1.82, 2.24) is 29.7 Å². The molecule has 4 aromatic carbocycles. The highest BCUT2D eigenvalue weighted by Crippen LogP contribution is 2.42. The first-order chi connectivity index (χ1) is 45.8. The number of benzene rings is 4. The molecule has 0 unspecified atom stereocenters. The number of aromatic nitrogens is 4. The number of carboxylic acids is 2. The lowest BCUT2D eigenvalue weighted by Crippen LogP contribution is -2.53. The minimum Gasteiger partial charge on any atom is -0.480 e. The molecule has 10 rings (SSSR count). The first kappa shape index (κ1) is 72.2. The molecule has 2 aliphatic heterocycles. The summed E-state index contributed by atoms with van der Waals surface area (Å²) in [6, 6.07) is 5.94. The highest BCUT2D eigenvalue weighted by atomic mass is 19.4. The Morgan fingerprint density at radius 2 is 0.878 bits per heavy atom. The minimum absolute atomic E-state index is 0.0114. The maximum absolute atomic E-state index is 15.1. The predicted molar refractivity (Wildman–Crippen MR) is 318 cm³/mol. The number of fused-ring (bicyclic) bond motifs is 2. The molecule has 98 heavy (non-hydrogen) atoms. The Morgan fingerprint density at radius 3 is 1.18 bits per heavy atom. The highest BCUT2D eigenvalue weighted by Gasteiger charge is 2.48. The third-order valence-corrected chi connectivity index (χ3v) is 16.4. The molecule has 2 aliphatic rings. The lowest BCUT2D eigenvalue weighted by molar-refractivity contribution is -0.167. The average Bonchev–Trinajstić information content (AvgIpc) is 0.758. The molecule has 0 saturated carbocycles. The third-order valence-electron chi connectivity index (χ3n) is 16.4. The zero-order valence-electron chi connectivity index (χ0n) is 51.1. The fourth-order valence-electron chi connectivity index (χ4n) is 11.4. The summed E-state index contributed by atoms with van der Waals surface area (Å²) in [4.78, 5) is 86.4. The van der Waals surface area contributed by atoms with Crippen molar-refractivity contribution in [3.63, 3.8) is 0 Å². The molecule has 4 aromatic heterocycles. The second kappa shape index (κ2) is 27.8. The Balaban J connectivity index is 0.000000229. The van der Waals surface area contributed by atoms with E-state index in [2.05, 4.69) is 9.97 Å². The number of rotatable bonds is 14. The molecule has 520 valence electrons. The number of anilines is 2. The number of ether oxygens (including phenoxy) is 2. The number of amides is 2. The lowest BCUT2D eigenvalue weighted by Gasteiger charge is -2.38. The summed E-state index contributed by atoms with van der Waals surface area (Å²) in [5.74, 6) is -12.6. The molecule has 0 bridgehead atoms. The van der Waals surface area contributed by atoms with Gasteiger partial charge in [0, 0.05) is 86.0 Å². The van der Waals surface area contributed by atoms with E-state index < -0.39 is 178 Å². The summed E-state index contributed by atoms with van der Waals surface area (Å²) in [5.41, 5.74) is -9.17. The fourth-order valence-corrected chi connectivity index (χ4v) is 11.4. The largest absolute Gasteiger partial charge is 0.480 e. The van der Waals surface area contributed by atoms with Gasteiger partial charge in [-0.1, -0.05) is 36.4 Å². The summed E-state index contributed by atoms with van der Waals surface area (Å²) in [5, 5.41) is 23.9. The van der Waals surface area contributed by atoms with Crippen LogP contribution < -0.4 is 31.6 Å². The van der Waals surface area contributed by atoms with E-state index in [0.29, 0.717) is 34.1 Å². The van der Waals surface area contributed by atoms with E-state index >= 15 is 17.6 Å². The van der Waals surface area contributed by atoms with Gasteiger partial charge in [-0.2, -0.15) is 52.7 Å². The molecular formula is C64H52F16N8O10. The summed E-state index contributed by atoms with van der Waals surface area (Å²) < 4.78 is 238. The molecule has 8 aromatic rings. The Morgan fingerprint density at radius 1 is 0.541 bits per heavy atom. The number of pyridine rings is 4. The van der Waals surface area contributed by atoms with Crippen LogP contribution in [0.2, 0.25) is 0 Å². The van der Waals surface area contributed by atoms with E-state index in [1.165, 1.54) is 88.9 Å². The first-order valence-corrected chi connectivity index (χ1v) is 29.0. The maximum atomic E-state index is 15.1. The van der Waals surface area contributed by atoms with Crippen LogP contribution in [0.15, 0.2) is 107 Å². The number of hydrogen-bond acceptors (Lipinski definition) is 12. The van der Waals surface area contributed by atoms with Gasteiger partial charge >= 0.3 is 36.6 Å². The predicted octanol–water partition coefficient (Wildman–Crippen LogP) is 10.8. The van der Waals surface area contributed by atoms with Gasteiger partial charge in [0.25, 0.3) is 22.9 Å². The Kier molecular flexibility index (Phi) is 20.5. The van der Waals surface area contributed by atoms with E-state index in [-0.39, 0.29) is 81.8 Å². The maximum Gasteiger partial charge on any atom is 0.417 e. The molecule has 4 atom stereocenters. The van der Waals surface area contributed by atoms with Gasteiger partial charge in [-0.3, -0.25) is 29.1 Å². The molecule has 6 heterocycles. The number of carboxylic acid groups (broad SMARTS) is 2. The Hall–Kier alpha value is -10.1. The smallest absolute Gasteiger partial charge is 0.417 e. The van der Waals surface area contributed by atoms with Crippen LogP contribution in [0.25, 0.3) is 44.1 Å². The van der Waals surface area contributed by atoms with Crippen LogP contribution in [0.1, 0.15) is 54.4 Å². The van der Waals surface area contributed by atoms with Crippen LogP contribution in [-0.4, -0.2) is 129 Å². The molecule has 34 heteroatoms. The van der Waals surface area contributed by atoms with Crippen LogP contribution in [0.3, 0.4) is 0 Å². The number of nitrogens with one attached hydrogen (secondary N) is 2. The summed E-state index contributed by atoms with van der Waals surface area (Å²) >= 11 is 0. The average molecular weight is 1400 g/mol. The van der Waals surface area contributed by atoms with Crippen molar-refractivity contribution in [2.75, 3.05) is 49.3 Å². The summed E-state index contributed by atoms with van der Waals surface area (Å²) in [6.45, 7) is 0.0722. The van der Waals surface area contributed by atoms with Crippen molar-refractivity contribution in [1.29, 1.82) is 0 Å². The minimum atomic E-state index is -4.91. The van der Waals surface area contributed by atoms with Crippen molar-refractivity contribution >= 4 is 56.9 Å². The molecule has 4 N–H and O–H groups in total. The Labute approximate surface area is 541 Å². The van der Waals surface area contributed by atoms with Crippen LogP contribution >= 0.6 is 0 Å². The van der Waals surface area contributed by atoms with Gasteiger partial charge in [-0.15, -0.1) is 0 Å². The van der Waals surface area contributed by atoms with Crippen molar-refractivity contribution in [2.45, 2.75) is 75.6 Å². The first-order valence-electron chi connectivity index (χ1n) is 29.0. The van der Waals surface area contributed by atoms with Gasteiger partial charge in [0.15, 0.2) is 0 Å². The van der Waals surface area contributed by atoms with Gasteiger partial charge in [0.2, 0.25) is 0 Å². The van der Waals surface area contributed by atoms with Crippen molar-refractivity contribution in [2.24, 2.45) is 14.1 Å². The van der Waals surface area contributed by atoms with Crippen molar-refractivity contribution < 1.29 is 109 Å². The van der Waals surface area contributed by atoms with Crippen LogP contribution in [0, 0.1) is 37.1 Å². The Bertz CT molecular complexity index is 4260. The van der Waals surface area contributed by atoms with Crippen molar-refractivity contribution in [3.05, 3.63) is 186 Å². The van der Waals surface area contributed by atoms with E-state index in [1.807, 2.05) is 10.6 Å². The molecule has 2 fully saturated rings. The quantitative estimate of drug-likeness (QED) is 0.0743.